The standard InChI is InChI=1S/C33H46BrNO4/c1-7-9-10-11-12-13-14-39-31-22(34)15-21(16-27(31)38-8-2)28-29-23(17-32(3,4)19-25(29)36)35-24-18-33(5,6)20-26(37)30(24)28/h15-16,28,35H,7-14,17-20H2,1-6H3. The number of Topliss-reactive ketones (excluding diaryl/α,β-unsaturated/α-hetero) is 2. The summed E-state index contributed by atoms with van der Waals surface area (Å²) in [4.78, 5) is 27.3. The molecule has 0 fully saturated rings. The molecular formula is C33H46BrNO4. The molecule has 214 valence electrons. The monoisotopic (exact) mass is 599 g/mol. The van der Waals surface area contributed by atoms with Crippen LogP contribution < -0.4 is 14.8 Å². The first kappa shape index (κ1) is 29.9. The van der Waals surface area contributed by atoms with Crippen LogP contribution in [0, 0.1) is 10.8 Å². The summed E-state index contributed by atoms with van der Waals surface area (Å²) in [6.07, 6.45) is 9.72. The van der Waals surface area contributed by atoms with Gasteiger partial charge in [0.05, 0.1) is 17.7 Å². The van der Waals surface area contributed by atoms with Crippen LogP contribution in [0.15, 0.2) is 39.1 Å². The lowest BCUT2D eigenvalue weighted by atomic mass is 9.64. The van der Waals surface area contributed by atoms with Crippen molar-refractivity contribution in [2.75, 3.05) is 13.2 Å². The minimum Gasteiger partial charge on any atom is -0.490 e. The zero-order valence-corrected chi connectivity index (χ0v) is 26.3. The van der Waals surface area contributed by atoms with E-state index in [0.29, 0.717) is 37.6 Å². The average Bonchev–Trinajstić information content (AvgIpc) is 2.82. The summed E-state index contributed by atoms with van der Waals surface area (Å²) in [5.74, 6) is 1.20. The van der Waals surface area contributed by atoms with Gasteiger partial charge in [-0.05, 0) is 70.6 Å². The van der Waals surface area contributed by atoms with Crippen LogP contribution in [0.5, 0.6) is 11.5 Å². The van der Waals surface area contributed by atoms with Crippen molar-refractivity contribution in [2.24, 2.45) is 10.8 Å². The van der Waals surface area contributed by atoms with Gasteiger partial charge in [0.1, 0.15) is 0 Å². The van der Waals surface area contributed by atoms with E-state index in [1.807, 2.05) is 19.1 Å². The summed E-state index contributed by atoms with van der Waals surface area (Å²) in [5.41, 5.74) is 4.11. The molecule has 1 aromatic rings. The molecule has 0 amide bonds. The van der Waals surface area contributed by atoms with Gasteiger partial charge in [-0.25, -0.2) is 0 Å². The van der Waals surface area contributed by atoms with E-state index >= 15 is 0 Å². The molecule has 0 aromatic heterocycles. The summed E-state index contributed by atoms with van der Waals surface area (Å²) < 4.78 is 13.1. The number of ether oxygens (including phenoxy) is 2. The molecule has 0 spiro atoms. The zero-order valence-electron chi connectivity index (χ0n) is 24.7. The molecule has 0 saturated carbocycles. The van der Waals surface area contributed by atoms with E-state index in [0.717, 1.165) is 58.3 Å². The van der Waals surface area contributed by atoms with E-state index in [4.69, 9.17) is 9.47 Å². The van der Waals surface area contributed by atoms with Gasteiger partial charge in [0.25, 0.3) is 0 Å². The van der Waals surface area contributed by atoms with Crippen molar-refractivity contribution in [1.82, 2.24) is 5.32 Å². The fourth-order valence-electron chi connectivity index (χ4n) is 6.44. The second-order valence-electron chi connectivity index (χ2n) is 13.1. The summed E-state index contributed by atoms with van der Waals surface area (Å²) >= 11 is 3.76. The maximum absolute atomic E-state index is 13.7. The number of allylic oxidation sites excluding steroid dienone is 4. The Morgan fingerprint density at radius 3 is 1.95 bits per heavy atom. The van der Waals surface area contributed by atoms with E-state index in [2.05, 4.69) is 55.9 Å². The van der Waals surface area contributed by atoms with Gasteiger partial charge in [-0.1, -0.05) is 66.7 Å². The lowest BCUT2D eigenvalue weighted by Gasteiger charge is -2.44. The molecule has 4 rings (SSSR count). The molecule has 1 N–H and O–H groups in total. The first-order chi connectivity index (χ1) is 18.5. The van der Waals surface area contributed by atoms with Gasteiger partial charge >= 0.3 is 0 Å². The number of benzene rings is 1. The van der Waals surface area contributed by atoms with Gasteiger partial charge in [-0.2, -0.15) is 0 Å². The minimum absolute atomic E-state index is 0.120. The molecule has 1 aliphatic heterocycles. The highest BCUT2D eigenvalue weighted by atomic mass is 79.9. The van der Waals surface area contributed by atoms with Crippen molar-refractivity contribution in [3.8, 4) is 11.5 Å². The van der Waals surface area contributed by atoms with Gasteiger partial charge < -0.3 is 14.8 Å². The number of carbonyl (C=O) groups is 2. The normalized spacial score (nSPS) is 20.5. The van der Waals surface area contributed by atoms with E-state index < -0.39 is 5.92 Å². The van der Waals surface area contributed by atoms with Gasteiger partial charge in [0, 0.05) is 41.3 Å². The Morgan fingerprint density at radius 2 is 1.38 bits per heavy atom. The number of dihydropyridines is 1. The lowest BCUT2D eigenvalue weighted by molar-refractivity contribution is -0.119. The van der Waals surface area contributed by atoms with E-state index in [9.17, 15) is 9.59 Å². The van der Waals surface area contributed by atoms with E-state index in [-0.39, 0.29) is 22.4 Å². The first-order valence-corrected chi connectivity index (χ1v) is 15.6. The third-order valence-corrected chi connectivity index (χ3v) is 8.72. The smallest absolute Gasteiger partial charge is 0.175 e. The Balaban J connectivity index is 1.71. The van der Waals surface area contributed by atoms with Crippen LogP contribution in [-0.4, -0.2) is 24.8 Å². The topological polar surface area (TPSA) is 64.6 Å². The average molecular weight is 601 g/mol. The lowest BCUT2D eigenvalue weighted by Crippen LogP contribution is -2.42. The SMILES string of the molecule is CCCCCCCCOc1c(Br)cc(C2C3=C(CC(C)(C)CC3=O)NC3=C2C(=O)CC(C)(C)C3)cc1OCC. The van der Waals surface area contributed by atoms with Crippen molar-refractivity contribution in [3.05, 3.63) is 44.7 Å². The molecule has 1 aromatic carbocycles. The number of unbranched alkanes of at least 4 members (excludes halogenated alkanes) is 5. The van der Waals surface area contributed by atoms with Crippen molar-refractivity contribution >= 4 is 27.5 Å². The third kappa shape index (κ3) is 6.81. The zero-order chi connectivity index (χ0) is 28.4. The second-order valence-corrected chi connectivity index (χ2v) is 14.0. The van der Waals surface area contributed by atoms with Crippen LogP contribution in [0.2, 0.25) is 0 Å². The summed E-state index contributed by atoms with van der Waals surface area (Å²) in [5, 5.41) is 3.60. The van der Waals surface area contributed by atoms with Crippen molar-refractivity contribution in [2.45, 2.75) is 112 Å². The Morgan fingerprint density at radius 1 is 0.821 bits per heavy atom. The van der Waals surface area contributed by atoms with Gasteiger partial charge in [0.15, 0.2) is 23.1 Å². The summed E-state index contributed by atoms with van der Waals surface area (Å²) in [7, 11) is 0. The third-order valence-electron chi connectivity index (χ3n) is 8.13. The maximum Gasteiger partial charge on any atom is 0.175 e. The summed E-state index contributed by atoms with van der Waals surface area (Å²) in [6, 6.07) is 4.03. The van der Waals surface area contributed by atoms with Crippen LogP contribution >= 0.6 is 15.9 Å². The number of rotatable bonds is 11. The predicted octanol–water partition coefficient (Wildman–Crippen LogP) is 8.56. The molecule has 0 radical (unpaired) electrons. The van der Waals surface area contributed by atoms with Crippen LogP contribution in [-0.2, 0) is 9.59 Å². The Labute approximate surface area is 243 Å². The van der Waals surface area contributed by atoms with E-state index in [1.165, 1.54) is 25.7 Å². The molecule has 2 aliphatic carbocycles. The fourth-order valence-corrected chi connectivity index (χ4v) is 7.01. The first-order valence-electron chi connectivity index (χ1n) is 14.8. The largest absolute Gasteiger partial charge is 0.490 e. The number of ketones is 2. The molecule has 1 heterocycles. The predicted molar refractivity (Wildman–Crippen MR) is 160 cm³/mol. The Bertz CT molecular complexity index is 1120. The molecule has 3 aliphatic rings. The van der Waals surface area contributed by atoms with Crippen LogP contribution in [0.25, 0.3) is 0 Å². The molecular weight excluding hydrogens is 554 g/mol. The Hall–Kier alpha value is -2.08. The quantitative estimate of drug-likeness (QED) is 0.258. The molecule has 5 nitrogen and oxygen atoms in total. The number of hydrogen-bond donors (Lipinski definition) is 1. The molecule has 0 bridgehead atoms. The van der Waals surface area contributed by atoms with Gasteiger partial charge in [-0.3, -0.25) is 9.59 Å². The molecule has 6 heteroatoms. The second kappa shape index (κ2) is 12.2. The van der Waals surface area contributed by atoms with Crippen molar-refractivity contribution in [1.29, 1.82) is 0 Å². The van der Waals surface area contributed by atoms with Crippen molar-refractivity contribution in [3.63, 3.8) is 0 Å². The van der Waals surface area contributed by atoms with Crippen molar-refractivity contribution < 1.29 is 19.1 Å². The van der Waals surface area contributed by atoms with E-state index in [1.54, 1.807) is 0 Å². The van der Waals surface area contributed by atoms with Gasteiger partial charge in [-0.15, -0.1) is 0 Å². The van der Waals surface area contributed by atoms with Crippen LogP contribution in [0.1, 0.15) is 117 Å². The maximum atomic E-state index is 13.7. The number of hydrogen-bond acceptors (Lipinski definition) is 5. The number of carbonyl (C=O) groups excluding carboxylic acids is 2. The fraction of sp³-hybridized carbons (Fsp3) is 0.636. The molecule has 0 unspecified atom stereocenters. The molecule has 0 saturated heterocycles. The van der Waals surface area contributed by atoms with Crippen LogP contribution in [0.3, 0.4) is 0 Å². The Kier molecular flexibility index (Phi) is 9.35. The molecule has 39 heavy (non-hydrogen) atoms. The highest BCUT2D eigenvalue weighted by molar-refractivity contribution is 9.10. The number of nitrogens with one attached hydrogen (secondary N) is 1. The highest BCUT2D eigenvalue weighted by Gasteiger charge is 2.46. The number of halogens is 1. The summed E-state index contributed by atoms with van der Waals surface area (Å²) in [6.45, 7) is 13.9. The minimum atomic E-state index is -0.397. The van der Waals surface area contributed by atoms with Gasteiger partial charge in [0.2, 0.25) is 0 Å². The highest BCUT2D eigenvalue weighted by Crippen LogP contribution is 2.52. The molecule has 0 atom stereocenters. The van der Waals surface area contributed by atoms with Crippen LogP contribution in [0.4, 0.5) is 0 Å².